The summed E-state index contributed by atoms with van der Waals surface area (Å²) in [6.07, 6.45) is 5.85. The van der Waals surface area contributed by atoms with Crippen molar-refractivity contribution < 1.29 is 4.79 Å². The lowest BCUT2D eigenvalue weighted by molar-refractivity contribution is 0.0944. The van der Waals surface area contributed by atoms with Gasteiger partial charge in [0.05, 0.1) is 12.4 Å². The number of rotatable bonds is 5. The molecule has 3 aromatic rings. The topological polar surface area (TPSA) is 102 Å². The number of alkyl halides is 1. The van der Waals surface area contributed by atoms with Crippen LogP contribution in [-0.2, 0) is 12.4 Å². The van der Waals surface area contributed by atoms with Crippen LogP contribution in [0.3, 0.4) is 0 Å². The number of aromatic nitrogens is 4. The zero-order chi connectivity index (χ0) is 19.7. The van der Waals surface area contributed by atoms with E-state index in [2.05, 4.69) is 36.3 Å². The maximum Gasteiger partial charge on any atom is 0.269 e. The van der Waals surface area contributed by atoms with Gasteiger partial charge in [0.1, 0.15) is 0 Å². The van der Waals surface area contributed by atoms with E-state index in [1.54, 1.807) is 10.9 Å². The molecule has 1 amide bonds. The minimum absolute atomic E-state index is 0.144. The van der Waals surface area contributed by atoms with Crippen LogP contribution in [0.2, 0.25) is 0 Å². The predicted molar refractivity (Wildman–Crippen MR) is 112 cm³/mol. The van der Waals surface area contributed by atoms with E-state index in [4.69, 9.17) is 5.73 Å². The van der Waals surface area contributed by atoms with Crippen LogP contribution in [0, 0.1) is 0 Å². The monoisotopic (exact) mass is 443 g/mol. The fourth-order valence-electron chi connectivity index (χ4n) is 3.58. The summed E-state index contributed by atoms with van der Waals surface area (Å²) >= 11 is 3.42. The Morgan fingerprint density at radius 3 is 2.68 bits per heavy atom. The highest BCUT2D eigenvalue weighted by atomic mass is 79.9. The summed E-state index contributed by atoms with van der Waals surface area (Å²) in [6.45, 7) is 0. The Bertz CT molecular complexity index is 995. The number of carbonyl (C=O) groups excluding carboxylic acids is 1. The molecule has 1 aliphatic carbocycles. The fraction of sp³-hybridized carbons (Fsp3) is 0.368. The molecule has 0 saturated heterocycles. The highest BCUT2D eigenvalue weighted by Gasteiger charge is 2.29. The van der Waals surface area contributed by atoms with Crippen LogP contribution >= 0.6 is 15.9 Å². The third kappa shape index (κ3) is 3.54. The van der Waals surface area contributed by atoms with Crippen molar-refractivity contribution >= 4 is 44.8 Å². The molecule has 0 atom stereocenters. The van der Waals surface area contributed by atoms with E-state index in [0.717, 1.165) is 36.6 Å². The largest absolute Gasteiger partial charge is 0.368 e. The molecular weight excluding hydrogens is 422 g/mol. The number of anilines is 2. The van der Waals surface area contributed by atoms with E-state index in [0.29, 0.717) is 22.5 Å². The number of nitrogens with two attached hydrogens (primary N) is 1. The van der Waals surface area contributed by atoms with Gasteiger partial charge in [-0.05, 0) is 30.5 Å². The second kappa shape index (κ2) is 7.75. The van der Waals surface area contributed by atoms with Crippen LogP contribution in [0.25, 0.3) is 11.2 Å². The molecule has 3 N–H and O–H groups in total. The summed E-state index contributed by atoms with van der Waals surface area (Å²) in [5.74, 6) is 0.514. The molecule has 8 nitrogen and oxygen atoms in total. The molecule has 9 heteroatoms. The Labute approximate surface area is 171 Å². The van der Waals surface area contributed by atoms with Gasteiger partial charge in [0.2, 0.25) is 5.95 Å². The number of hydrogen-bond donors (Lipinski definition) is 2. The zero-order valence-corrected chi connectivity index (χ0v) is 17.2. The van der Waals surface area contributed by atoms with Gasteiger partial charge in [0, 0.05) is 17.9 Å². The highest BCUT2D eigenvalue weighted by molar-refractivity contribution is 9.08. The SMILES string of the molecule is Cn1cnc2c(N(NC(=O)c3ccc(CBr)cc3)C3CCCC3)nc(N)nc21. The molecule has 0 radical (unpaired) electrons. The standard InChI is InChI=1S/C19H22BrN7O/c1-26-11-22-15-16(26)23-19(21)24-17(15)27(14-4-2-3-5-14)25-18(28)13-8-6-12(10-20)7-9-13/h6-9,11,14H,2-5,10H2,1H3,(H,25,28)(H2,21,23,24). The first-order chi connectivity index (χ1) is 13.6. The molecular formula is C19H22BrN7O. The lowest BCUT2D eigenvalue weighted by Gasteiger charge is -2.30. The average molecular weight is 444 g/mol. The molecule has 28 heavy (non-hydrogen) atoms. The predicted octanol–water partition coefficient (Wildman–Crippen LogP) is 2.93. The minimum atomic E-state index is -0.186. The highest BCUT2D eigenvalue weighted by Crippen LogP contribution is 2.30. The Morgan fingerprint density at radius 2 is 2.00 bits per heavy atom. The van der Waals surface area contributed by atoms with Crippen molar-refractivity contribution in [1.82, 2.24) is 24.9 Å². The van der Waals surface area contributed by atoms with E-state index in [1.165, 1.54) is 0 Å². The van der Waals surface area contributed by atoms with Gasteiger partial charge in [-0.15, -0.1) is 0 Å². The summed E-state index contributed by atoms with van der Waals surface area (Å²) in [7, 11) is 1.86. The number of nitrogen functional groups attached to an aromatic ring is 1. The number of halogens is 1. The van der Waals surface area contributed by atoms with Crippen molar-refractivity contribution in [1.29, 1.82) is 0 Å². The fourth-order valence-corrected chi connectivity index (χ4v) is 3.95. The molecule has 1 fully saturated rings. The number of hydrazine groups is 1. The number of imidazole rings is 1. The molecule has 0 bridgehead atoms. The molecule has 1 aromatic carbocycles. The number of benzene rings is 1. The summed E-state index contributed by atoms with van der Waals surface area (Å²) < 4.78 is 1.80. The lowest BCUT2D eigenvalue weighted by atomic mass is 10.1. The van der Waals surface area contributed by atoms with E-state index >= 15 is 0 Å². The smallest absolute Gasteiger partial charge is 0.269 e. The first-order valence-electron chi connectivity index (χ1n) is 9.26. The molecule has 2 heterocycles. The number of amides is 1. The van der Waals surface area contributed by atoms with Crippen molar-refractivity contribution in [3.8, 4) is 0 Å². The summed E-state index contributed by atoms with van der Waals surface area (Å²) in [5, 5.41) is 2.59. The van der Waals surface area contributed by atoms with E-state index in [-0.39, 0.29) is 17.9 Å². The minimum Gasteiger partial charge on any atom is -0.368 e. The average Bonchev–Trinajstić information content (AvgIpc) is 3.36. The second-order valence-electron chi connectivity index (χ2n) is 7.01. The number of aryl methyl sites for hydroxylation is 1. The van der Waals surface area contributed by atoms with Gasteiger partial charge >= 0.3 is 0 Å². The quantitative estimate of drug-likeness (QED) is 0.464. The first-order valence-corrected chi connectivity index (χ1v) is 10.4. The Morgan fingerprint density at radius 1 is 1.29 bits per heavy atom. The van der Waals surface area contributed by atoms with Crippen LogP contribution in [-0.4, -0.2) is 31.5 Å². The lowest BCUT2D eigenvalue weighted by Crippen LogP contribution is -2.48. The molecule has 0 aliphatic heterocycles. The molecule has 0 unspecified atom stereocenters. The van der Waals surface area contributed by atoms with Crippen molar-refractivity contribution in [2.45, 2.75) is 37.1 Å². The number of nitrogens with zero attached hydrogens (tertiary/aromatic N) is 5. The summed E-state index contributed by atoms with van der Waals surface area (Å²) in [4.78, 5) is 26.1. The third-order valence-electron chi connectivity index (χ3n) is 5.07. The van der Waals surface area contributed by atoms with E-state index in [1.807, 2.05) is 36.3 Å². The summed E-state index contributed by atoms with van der Waals surface area (Å²) in [5.41, 5.74) is 12.0. The molecule has 4 rings (SSSR count). The number of fused-ring (bicyclic) bond motifs is 1. The van der Waals surface area contributed by atoms with Crippen molar-refractivity contribution in [3.05, 3.63) is 41.7 Å². The van der Waals surface area contributed by atoms with Crippen LogP contribution < -0.4 is 16.2 Å². The van der Waals surface area contributed by atoms with Crippen LogP contribution in [0.5, 0.6) is 0 Å². The molecule has 1 aliphatic rings. The molecule has 0 spiro atoms. The first kappa shape index (κ1) is 18.7. The summed E-state index contributed by atoms with van der Waals surface area (Å²) in [6, 6.07) is 7.66. The maximum atomic E-state index is 12.9. The van der Waals surface area contributed by atoms with Gasteiger partial charge in [0.15, 0.2) is 17.0 Å². The van der Waals surface area contributed by atoms with Crippen molar-refractivity contribution in [3.63, 3.8) is 0 Å². The molecule has 2 aromatic heterocycles. The number of carbonyl (C=O) groups is 1. The van der Waals surface area contributed by atoms with E-state index in [9.17, 15) is 4.79 Å². The number of nitrogens with one attached hydrogen (secondary N) is 1. The van der Waals surface area contributed by atoms with Gasteiger partial charge in [-0.2, -0.15) is 9.97 Å². The van der Waals surface area contributed by atoms with Gasteiger partial charge in [0.25, 0.3) is 5.91 Å². The van der Waals surface area contributed by atoms with Gasteiger partial charge < -0.3 is 10.3 Å². The van der Waals surface area contributed by atoms with Crippen LogP contribution in [0.1, 0.15) is 41.6 Å². The van der Waals surface area contributed by atoms with E-state index < -0.39 is 0 Å². The Balaban J connectivity index is 1.71. The molecule has 1 saturated carbocycles. The van der Waals surface area contributed by atoms with Crippen molar-refractivity contribution in [2.75, 3.05) is 10.7 Å². The van der Waals surface area contributed by atoms with Gasteiger partial charge in [-0.1, -0.05) is 40.9 Å². The van der Waals surface area contributed by atoms with Crippen LogP contribution in [0.4, 0.5) is 11.8 Å². The maximum absolute atomic E-state index is 12.9. The molecule has 146 valence electrons. The Hall–Kier alpha value is -2.68. The zero-order valence-electron chi connectivity index (χ0n) is 15.6. The third-order valence-corrected chi connectivity index (χ3v) is 5.72. The Kier molecular flexibility index (Phi) is 5.17. The van der Waals surface area contributed by atoms with Gasteiger partial charge in [-0.3, -0.25) is 15.2 Å². The normalized spacial score (nSPS) is 14.5. The van der Waals surface area contributed by atoms with Crippen LogP contribution in [0.15, 0.2) is 30.6 Å². The van der Waals surface area contributed by atoms with Gasteiger partial charge in [-0.25, -0.2) is 4.98 Å². The second-order valence-corrected chi connectivity index (χ2v) is 7.57. The number of hydrogen-bond acceptors (Lipinski definition) is 6. The van der Waals surface area contributed by atoms with Crippen molar-refractivity contribution in [2.24, 2.45) is 7.05 Å².